The van der Waals surface area contributed by atoms with E-state index in [-0.39, 0.29) is 23.9 Å². The van der Waals surface area contributed by atoms with E-state index in [4.69, 9.17) is 15.2 Å². The number of carbonyl (C=O) groups excluding carboxylic acids is 1. The van der Waals surface area contributed by atoms with Crippen LogP contribution < -0.4 is 15.8 Å². The molecule has 0 aliphatic heterocycles. The molecule has 0 aliphatic rings. The number of hydrogen-bond acceptors (Lipinski definition) is 8. The third-order valence-electron chi connectivity index (χ3n) is 2.40. The zero-order valence-electron chi connectivity index (χ0n) is 12.2. The van der Waals surface area contributed by atoms with Crippen LogP contribution in [-0.4, -0.2) is 40.7 Å². The molecule has 3 N–H and O–H groups in total. The second-order valence-electron chi connectivity index (χ2n) is 4.58. The number of ether oxygens (including phenoxy) is 2. The smallest absolute Gasteiger partial charge is 0.328 e. The van der Waals surface area contributed by atoms with E-state index < -0.39 is 6.04 Å². The van der Waals surface area contributed by atoms with Crippen molar-refractivity contribution in [1.82, 2.24) is 15.0 Å². The number of nitrogens with one attached hydrogen (secondary N) is 1. The highest BCUT2D eigenvalue weighted by molar-refractivity contribution is 5.78. The van der Waals surface area contributed by atoms with Crippen LogP contribution in [0.15, 0.2) is 0 Å². The summed E-state index contributed by atoms with van der Waals surface area (Å²) in [5.74, 6) is 0.143. The second kappa shape index (κ2) is 7.46. The number of nitrogen functional groups attached to an aromatic ring is 1. The van der Waals surface area contributed by atoms with Gasteiger partial charge in [0.15, 0.2) is 0 Å². The molecule has 1 rings (SSSR count). The Labute approximate surface area is 118 Å². The van der Waals surface area contributed by atoms with Crippen molar-refractivity contribution in [3.8, 4) is 6.01 Å². The fourth-order valence-electron chi connectivity index (χ4n) is 1.61. The highest BCUT2D eigenvalue weighted by Crippen LogP contribution is 2.14. The standard InChI is InChI=1S/C12H21N5O3/c1-5-20-12-16-10(13)15-11(17-12)14-8(6-7(2)3)9(18)19-4/h7-8H,5-6H2,1-4H3,(H3,13,14,15,16,17). The van der Waals surface area contributed by atoms with Crippen LogP contribution in [0.3, 0.4) is 0 Å². The number of carbonyl (C=O) groups is 1. The van der Waals surface area contributed by atoms with Gasteiger partial charge in [0.1, 0.15) is 6.04 Å². The molecule has 0 fully saturated rings. The van der Waals surface area contributed by atoms with Gasteiger partial charge in [0.05, 0.1) is 13.7 Å². The summed E-state index contributed by atoms with van der Waals surface area (Å²) in [4.78, 5) is 23.5. The van der Waals surface area contributed by atoms with Crippen molar-refractivity contribution in [2.75, 3.05) is 24.8 Å². The fraction of sp³-hybridized carbons (Fsp3) is 0.667. The van der Waals surface area contributed by atoms with Crippen molar-refractivity contribution in [2.45, 2.75) is 33.2 Å². The summed E-state index contributed by atoms with van der Waals surface area (Å²) in [5.41, 5.74) is 5.58. The maximum atomic E-state index is 11.7. The van der Waals surface area contributed by atoms with Crippen molar-refractivity contribution in [3.63, 3.8) is 0 Å². The molecule has 8 heteroatoms. The monoisotopic (exact) mass is 283 g/mol. The zero-order chi connectivity index (χ0) is 15.1. The quantitative estimate of drug-likeness (QED) is 0.708. The summed E-state index contributed by atoms with van der Waals surface area (Å²) in [6.45, 7) is 6.23. The molecule has 1 aromatic rings. The first-order chi connectivity index (χ1) is 9.46. The topological polar surface area (TPSA) is 112 Å². The summed E-state index contributed by atoms with van der Waals surface area (Å²) in [7, 11) is 1.34. The van der Waals surface area contributed by atoms with Crippen LogP contribution in [0.2, 0.25) is 0 Å². The van der Waals surface area contributed by atoms with Crippen molar-refractivity contribution < 1.29 is 14.3 Å². The Hall–Kier alpha value is -2.12. The van der Waals surface area contributed by atoms with Crippen molar-refractivity contribution in [3.05, 3.63) is 0 Å². The maximum Gasteiger partial charge on any atom is 0.328 e. The van der Waals surface area contributed by atoms with Crippen molar-refractivity contribution in [1.29, 1.82) is 0 Å². The minimum atomic E-state index is -0.545. The summed E-state index contributed by atoms with van der Waals surface area (Å²) < 4.78 is 9.94. The number of nitrogens with two attached hydrogens (primary N) is 1. The molecule has 112 valence electrons. The SMILES string of the molecule is CCOc1nc(N)nc(NC(CC(C)C)C(=O)OC)n1. The Morgan fingerprint density at radius 1 is 1.35 bits per heavy atom. The molecule has 1 unspecified atom stereocenters. The number of hydrogen-bond donors (Lipinski definition) is 2. The van der Waals surface area contributed by atoms with Gasteiger partial charge in [-0.1, -0.05) is 13.8 Å². The van der Waals surface area contributed by atoms with Crippen LogP contribution in [0.1, 0.15) is 27.2 Å². The first-order valence-electron chi connectivity index (χ1n) is 6.45. The largest absolute Gasteiger partial charge is 0.467 e. The predicted octanol–water partition coefficient (Wildman–Crippen LogP) is 0.852. The van der Waals surface area contributed by atoms with E-state index in [0.717, 1.165) is 0 Å². The number of rotatable bonds is 7. The van der Waals surface area contributed by atoms with Gasteiger partial charge in [-0.15, -0.1) is 0 Å². The summed E-state index contributed by atoms with van der Waals surface area (Å²) in [5, 5.41) is 2.90. The third-order valence-corrected chi connectivity index (χ3v) is 2.40. The lowest BCUT2D eigenvalue weighted by atomic mass is 10.0. The van der Waals surface area contributed by atoms with Gasteiger partial charge < -0.3 is 20.5 Å². The van der Waals surface area contributed by atoms with Gasteiger partial charge in [-0.3, -0.25) is 0 Å². The minimum Gasteiger partial charge on any atom is -0.467 e. The van der Waals surface area contributed by atoms with E-state index in [1.807, 2.05) is 20.8 Å². The molecule has 0 saturated carbocycles. The average Bonchev–Trinajstić information content (AvgIpc) is 2.36. The first kappa shape index (κ1) is 15.9. The third kappa shape index (κ3) is 4.87. The zero-order valence-corrected chi connectivity index (χ0v) is 12.2. The van der Waals surface area contributed by atoms with E-state index in [1.165, 1.54) is 7.11 Å². The van der Waals surface area contributed by atoms with Gasteiger partial charge in [0.2, 0.25) is 11.9 Å². The summed E-state index contributed by atoms with van der Waals surface area (Å²) in [6.07, 6.45) is 0.586. The van der Waals surface area contributed by atoms with Crippen LogP contribution in [0.5, 0.6) is 6.01 Å². The molecule has 0 aromatic carbocycles. The van der Waals surface area contributed by atoms with Crippen molar-refractivity contribution >= 4 is 17.9 Å². The lowest BCUT2D eigenvalue weighted by molar-refractivity contribution is -0.141. The molecule has 1 atom stereocenters. The van der Waals surface area contributed by atoms with Crippen LogP contribution in [0.25, 0.3) is 0 Å². The number of nitrogens with zero attached hydrogens (tertiary/aromatic N) is 3. The van der Waals surface area contributed by atoms with E-state index in [0.29, 0.717) is 18.9 Å². The minimum absolute atomic E-state index is 0.0270. The second-order valence-corrected chi connectivity index (χ2v) is 4.58. The van der Waals surface area contributed by atoms with Crippen LogP contribution >= 0.6 is 0 Å². The predicted molar refractivity (Wildman–Crippen MR) is 74.3 cm³/mol. The van der Waals surface area contributed by atoms with Crippen LogP contribution in [-0.2, 0) is 9.53 Å². The number of methoxy groups -OCH3 is 1. The molecule has 0 amide bonds. The molecule has 1 heterocycles. The molecule has 0 spiro atoms. The Kier molecular flexibility index (Phi) is 5.95. The Morgan fingerprint density at radius 3 is 2.60 bits per heavy atom. The Balaban J connectivity index is 2.89. The number of aromatic nitrogens is 3. The molecule has 0 saturated heterocycles. The van der Waals surface area contributed by atoms with Gasteiger partial charge in [-0.05, 0) is 19.3 Å². The molecule has 0 aliphatic carbocycles. The normalized spacial score (nSPS) is 12.1. The molecular weight excluding hydrogens is 262 g/mol. The van der Waals surface area contributed by atoms with E-state index in [9.17, 15) is 4.79 Å². The molecule has 0 radical (unpaired) electrons. The lowest BCUT2D eigenvalue weighted by Crippen LogP contribution is -2.33. The summed E-state index contributed by atoms with van der Waals surface area (Å²) in [6, 6.07) is -0.424. The molecule has 8 nitrogen and oxygen atoms in total. The van der Waals surface area contributed by atoms with Crippen LogP contribution in [0.4, 0.5) is 11.9 Å². The first-order valence-corrected chi connectivity index (χ1v) is 6.45. The molecule has 0 bridgehead atoms. The highest BCUT2D eigenvalue weighted by atomic mass is 16.5. The van der Waals surface area contributed by atoms with Crippen LogP contribution in [0, 0.1) is 5.92 Å². The average molecular weight is 283 g/mol. The molecule has 1 aromatic heterocycles. The van der Waals surface area contributed by atoms with E-state index in [1.54, 1.807) is 0 Å². The maximum absolute atomic E-state index is 11.7. The number of anilines is 2. The van der Waals surface area contributed by atoms with Gasteiger partial charge >= 0.3 is 12.0 Å². The van der Waals surface area contributed by atoms with Gasteiger partial charge in [0, 0.05) is 0 Å². The fourth-order valence-corrected chi connectivity index (χ4v) is 1.61. The van der Waals surface area contributed by atoms with Crippen molar-refractivity contribution in [2.24, 2.45) is 5.92 Å². The van der Waals surface area contributed by atoms with E-state index in [2.05, 4.69) is 20.3 Å². The highest BCUT2D eigenvalue weighted by Gasteiger charge is 2.22. The van der Waals surface area contributed by atoms with Gasteiger partial charge in [-0.2, -0.15) is 15.0 Å². The molecular formula is C12H21N5O3. The Bertz CT molecular complexity index is 453. The van der Waals surface area contributed by atoms with E-state index >= 15 is 0 Å². The lowest BCUT2D eigenvalue weighted by Gasteiger charge is -2.18. The number of esters is 1. The van der Waals surface area contributed by atoms with Gasteiger partial charge in [0.25, 0.3) is 0 Å². The Morgan fingerprint density at radius 2 is 2.05 bits per heavy atom. The van der Waals surface area contributed by atoms with Gasteiger partial charge in [-0.25, -0.2) is 4.79 Å². The summed E-state index contributed by atoms with van der Waals surface area (Å²) >= 11 is 0. The molecule has 20 heavy (non-hydrogen) atoms.